The predicted octanol–water partition coefficient (Wildman–Crippen LogP) is -0.116. The zero-order valence-electron chi connectivity index (χ0n) is 10.4. The highest BCUT2D eigenvalue weighted by molar-refractivity contribution is 5.50. The van der Waals surface area contributed by atoms with Crippen LogP contribution in [0.5, 0.6) is 0 Å². The summed E-state index contributed by atoms with van der Waals surface area (Å²) in [6.07, 6.45) is 2.40. The fraction of sp³-hybridized carbons (Fsp3) is 0.400. The largest absolute Gasteiger partial charge is 0.373 e. The molecular weight excluding hydrogens is 232 g/mol. The summed E-state index contributed by atoms with van der Waals surface area (Å²) in [5, 5.41) is 10.3. The van der Waals surface area contributed by atoms with Crippen LogP contribution >= 0.6 is 0 Å². The van der Waals surface area contributed by atoms with Crippen molar-refractivity contribution in [3.8, 4) is 0 Å². The molecule has 0 saturated carbocycles. The maximum absolute atomic E-state index is 5.59. The predicted molar refractivity (Wildman–Crippen MR) is 69.2 cm³/mol. The highest BCUT2D eigenvalue weighted by Gasteiger charge is 2.02. The minimum absolute atomic E-state index is 0.236. The lowest BCUT2D eigenvalue weighted by atomic mass is 10.4. The number of nitrogens with zero attached hydrogens (tertiary/aromatic N) is 5. The first-order valence-corrected chi connectivity index (χ1v) is 5.58. The van der Waals surface area contributed by atoms with Gasteiger partial charge in [-0.25, -0.2) is 4.98 Å². The fourth-order valence-corrected chi connectivity index (χ4v) is 1.49. The minimum Gasteiger partial charge on any atom is -0.373 e. The molecule has 0 amide bonds. The molecule has 2 aromatic rings. The van der Waals surface area contributed by atoms with Crippen LogP contribution in [-0.2, 0) is 13.5 Å². The van der Waals surface area contributed by atoms with Crippen molar-refractivity contribution >= 4 is 17.6 Å². The summed E-state index contributed by atoms with van der Waals surface area (Å²) in [5.41, 5.74) is 5.59. The summed E-state index contributed by atoms with van der Waals surface area (Å²) < 4.78 is 1.68. The van der Waals surface area contributed by atoms with Crippen LogP contribution in [0.25, 0.3) is 0 Å². The Labute approximate surface area is 105 Å². The number of anilines is 3. The Kier molecular flexibility index (Phi) is 3.56. The van der Waals surface area contributed by atoms with E-state index in [0.29, 0.717) is 18.2 Å². The van der Waals surface area contributed by atoms with Gasteiger partial charge in [0.25, 0.3) is 0 Å². The van der Waals surface area contributed by atoms with Gasteiger partial charge >= 0.3 is 0 Å². The number of hydrogen-bond acceptors (Lipinski definition) is 7. The van der Waals surface area contributed by atoms with E-state index in [1.807, 2.05) is 7.05 Å². The first kappa shape index (κ1) is 12.1. The van der Waals surface area contributed by atoms with E-state index in [-0.39, 0.29) is 5.95 Å². The molecule has 4 N–H and O–H groups in total. The summed E-state index contributed by atoms with van der Waals surface area (Å²) in [7, 11) is 3.62. The minimum atomic E-state index is 0.236. The normalized spacial score (nSPS) is 10.3. The molecule has 8 nitrogen and oxygen atoms in total. The number of nitrogens with one attached hydrogen (secondary N) is 2. The first-order chi connectivity index (χ1) is 8.67. The standard InChI is InChI=1S/C10H16N8/c1-12-8-5-9(16-10(11)15-8)13-4-3-7-14-6-18(2)17-7/h5-6H,3-4H2,1-2H3,(H4,11,12,13,15,16). The van der Waals surface area contributed by atoms with Gasteiger partial charge in [0.15, 0.2) is 5.82 Å². The third-order valence-corrected chi connectivity index (χ3v) is 2.30. The lowest BCUT2D eigenvalue weighted by Gasteiger charge is -2.06. The van der Waals surface area contributed by atoms with E-state index in [9.17, 15) is 0 Å². The van der Waals surface area contributed by atoms with Crippen LogP contribution in [0.3, 0.4) is 0 Å². The molecule has 0 aliphatic carbocycles. The van der Waals surface area contributed by atoms with Crippen LogP contribution in [-0.4, -0.2) is 38.3 Å². The molecule has 0 aliphatic rings. The van der Waals surface area contributed by atoms with Gasteiger partial charge in [0, 0.05) is 33.1 Å². The first-order valence-electron chi connectivity index (χ1n) is 5.58. The molecule has 2 heterocycles. The lowest BCUT2D eigenvalue weighted by Crippen LogP contribution is -2.10. The molecule has 0 saturated heterocycles. The van der Waals surface area contributed by atoms with Gasteiger partial charge in [0.2, 0.25) is 5.95 Å². The Bertz CT molecular complexity index is 520. The Morgan fingerprint density at radius 2 is 2.11 bits per heavy atom. The van der Waals surface area contributed by atoms with E-state index >= 15 is 0 Å². The van der Waals surface area contributed by atoms with E-state index in [4.69, 9.17) is 5.73 Å². The van der Waals surface area contributed by atoms with E-state index in [2.05, 4.69) is 30.7 Å². The number of hydrogen-bond donors (Lipinski definition) is 3. The average Bonchev–Trinajstić information content (AvgIpc) is 2.74. The van der Waals surface area contributed by atoms with Crippen LogP contribution in [0.15, 0.2) is 12.4 Å². The summed E-state index contributed by atoms with van der Waals surface area (Å²) in [4.78, 5) is 12.2. The van der Waals surface area contributed by atoms with E-state index in [1.165, 1.54) is 0 Å². The molecule has 8 heteroatoms. The summed E-state index contributed by atoms with van der Waals surface area (Å²) in [5.74, 6) is 2.39. The zero-order valence-corrected chi connectivity index (χ0v) is 10.4. The number of nitrogens with two attached hydrogens (primary N) is 1. The number of aryl methyl sites for hydroxylation is 1. The summed E-state index contributed by atoms with van der Waals surface area (Å²) >= 11 is 0. The Morgan fingerprint density at radius 1 is 1.33 bits per heavy atom. The van der Waals surface area contributed by atoms with Gasteiger partial charge in [-0.15, -0.1) is 0 Å². The fourth-order valence-electron chi connectivity index (χ4n) is 1.49. The second kappa shape index (κ2) is 5.30. The Hall–Kier alpha value is -2.38. The van der Waals surface area contributed by atoms with Crippen LogP contribution in [0.1, 0.15) is 5.82 Å². The van der Waals surface area contributed by atoms with Gasteiger partial charge in [-0.1, -0.05) is 0 Å². The second-order valence-electron chi connectivity index (χ2n) is 3.76. The van der Waals surface area contributed by atoms with Gasteiger partial charge in [0.1, 0.15) is 18.0 Å². The number of nitrogen functional groups attached to an aromatic ring is 1. The number of rotatable bonds is 5. The topological polar surface area (TPSA) is 107 Å². The molecular formula is C10H16N8. The van der Waals surface area contributed by atoms with Gasteiger partial charge in [0.05, 0.1) is 0 Å². The Morgan fingerprint density at radius 3 is 2.78 bits per heavy atom. The SMILES string of the molecule is CNc1cc(NCCc2ncn(C)n2)nc(N)n1. The molecule has 2 aromatic heterocycles. The lowest BCUT2D eigenvalue weighted by molar-refractivity contribution is 0.742. The van der Waals surface area contributed by atoms with Crippen molar-refractivity contribution in [3.63, 3.8) is 0 Å². The third kappa shape index (κ3) is 3.06. The van der Waals surface area contributed by atoms with E-state index < -0.39 is 0 Å². The highest BCUT2D eigenvalue weighted by Crippen LogP contribution is 2.11. The summed E-state index contributed by atoms with van der Waals surface area (Å²) in [6.45, 7) is 0.684. The van der Waals surface area contributed by atoms with Crippen molar-refractivity contribution in [2.45, 2.75) is 6.42 Å². The van der Waals surface area contributed by atoms with E-state index in [1.54, 1.807) is 24.1 Å². The van der Waals surface area contributed by atoms with Crippen molar-refractivity contribution in [1.82, 2.24) is 24.7 Å². The van der Waals surface area contributed by atoms with Crippen molar-refractivity contribution in [1.29, 1.82) is 0 Å². The molecule has 2 rings (SSSR count). The second-order valence-corrected chi connectivity index (χ2v) is 3.76. The zero-order chi connectivity index (χ0) is 13.0. The highest BCUT2D eigenvalue weighted by atomic mass is 15.3. The van der Waals surface area contributed by atoms with Crippen molar-refractivity contribution < 1.29 is 0 Å². The van der Waals surface area contributed by atoms with Crippen LogP contribution in [0.2, 0.25) is 0 Å². The van der Waals surface area contributed by atoms with Crippen molar-refractivity contribution in [2.24, 2.45) is 7.05 Å². The maximum atomic E-state index is 5.59. The summed E-state index contributed by atoms with van der Waals surface area (Å²) in [6, 6.07) is 1.79. The monoisotopic (exact) mass is 248 g/mol. The quantitative estimate of drug-likeness (QED) is 0.677. The average molecular weight is 248 g/mol. The maximum Gasteiger partial charge on any atom is 0.223 e. The van der Waals surface area contributed by atoms with Crippen LogP contribution in [0.4, 0.5) is 17.6 Å². The molecule has 0 radical (unpaired) electrons. The molecule has 96 valence electrons. The molecule has 0 atom stereocenters. The molecule has 0 fully saturated rings. The van der Waals surface area contributed by atoms with Gasteiger partial charge in [-0.2, -0.15) is 15.1 Å². The molecule has 0 spiro atoms. The molecule has 0 aromatic carbocycles. The van der Waals surface area contributed by atoms with Crippen LogP contribution < -0.4 is 16.4 Å². The molecule has 0 unspecified atom stereocenters. The van der Waals surface area contributed by atoms with Crippen molar-refractivity contribution in [2.75, 3.05) is 30.0 Å². The smallest absolute Gasteiger partial charge is 0.223 e. The Balaban J connectivity index is 1.91. The third-order valence-electron chi connectivity index (χ3n) is 2.30. The molecule has 0 aliphatic heterocycles. The van der Waals surface area contributed by atoms with Crippen molar-refractivity contribution in [3.05, 3.63) is 18.2 Å². The number of aromatic nitrogens is 5. The molecule has 18 heavy (non-hydrogen) atoms. The van der Waals surface area contributed by atoms with Gasteiger partial charge in [-0.05, 0) is 0 Å². The molecule has 0 bridgehead atoms. The van der Waals surface area contributed by atoms with Gasteiger partial charge < -0.3 is 16.4 Å². The van der Waals surface area contributed by atoms with Crippen LogP contribution in [0, 0.1) is 0 Å². The van der Waals surface area contributed by atoms with E-state index in [0.717, 1.165) is 12.2 Å². The van der Waals surface area contributed by atoms with Gasteiger partial charge in [-0.3, -0.25) is 4.68 Å².